The van der Waals surface area contributed by atoms with Gasteiger partial charge in [-0.1, -0.05) is 0 Å². The number of carbonyl (C=O) groups excluding carboxylic acids is 1. The predicted molar refractivity (Wildman–Crippen MR) is 92.1 cm³/mol. The number of nitro groups is 2. The first-order valence-electron chi connectivity index (χ1n) is 7.10. The molecule has 0 aliphatic heterocycles. The van der Waals surface area contributed by atoms with Crippen molar-refractivity contribution in [2.75, 3.05) is 12.0 Å². The van der Waals surface area contributed by atoms with Gasteiger partial charge in [0, 0.05) is 6.07 Å². The van der Waals surface area contributed by atoms with Crippen molar-refractivity contribution in [2.24, 2.45) is 10.8 Å². The molecule has 2 aromatic rings. The summed E-state index contributed by atoms with van der Waals surface area (Å²) in [7, 11) is 0. The van der Waals surface area contributed by atoms with Crippen LogP contribution >= 0.6 is 0 Å². The van der Waals surface area contributed by atoms with Crippen molar-refractivity contribution in [3.05, 3.63) is 68.3 Å². The van der Waals surface area contributed by atoms with Gasteiger partial charge in [-0.3, -0.25) is 30.4 Å². The number of carbonyl (C=O) groups is 1. The number of hydrogen-bond acceptors (Lipinski definition) is 8. The highest BCUT2D eigenvalue weighted by molar-refractivity contribution is 5.81. The van der Waals surface area contributed by atoms with Crippen molar-refractivity contribution >= 4 is 29.2 Å². The van der Waals surface area contributed by atoms with Gasteiger partial charge in [0.25, 0.3) is 11.6 Å². The zero-order chi connectivity index (χ0) is 19.1. The Morgan fingerprint density at radius 1 is 1.15 bits per heavy atom. The molecule has 2 rings (SSSR count). The van der Waals surface area contributed by atoms with Gasteiger partial charge in [-0.15, -0.1) is 0 Å². The second-order valence-corrected chi connectivity index (χ2v) is 4.91. The fraction of sp³-hybridized carbons (Fsp3) is 0.0667. The largest absolute Gasteiger partial charge is 0.484 e. The van der Waals surface area contributed by atoms with Crippen LogP contribution < -0.4 is 15.9 Å². The van der Waals surface area contributed by atoms with E-state index in [1.807, 2.05) is 0 Å². The first-order chi connectivity index (χ1) is 12.4. The molecule has 0 bridgehead atoms. The molecule has 0 aliphatic rings. The van der Waals surface area contributed by atoms with E-state index in [0.29, 0.717) is 11.3 Å². The number of nitrogens with one attached hydrogen (secondary N) is 1. The molecule has 134 valence electrons. The summed E-state index contributed by atoms with van der Waals surface area (Å²) < 4.78 is 5.10. The topological polar surface area (TPSA) is 163 Å². The first kappa shape index (κ1) is 18.3. The van der Waals surface area contributed by atoms with E-state index in [1.54, 1.807) is 24.3 Å². The van der Waals surface area contributed by atoms with Crippen molar-refractivity contribution in [3.8, 4) is 5.75 Å². The Morgan fingerprint density at radius 2 is 1.85 bits per heavy atom. The minimum atomic E-state index is -0.740. The second-order valence-electron chi connectivity index (χ2n) is 4.91. The van der Waals surface area contributed by atoms with Crippen LogP contribution in [0.25, 0.3) is 0 Å². The van der Waals surface area contributed by atoms with E-state index in [2.05, 4.69) is 10.5 Å². The lowest BCUT2D eigenvalue weighted by atomic mass is 10.2. The maximum Gasteiger partial charge on any atom is 0.301 e. The second kappa shape index (κ2) is 8.19. The molecule has 2 aromatic carbocycles. The van der Waals surface area contributed by atoms with Crippen LogP contribution in [0.4, 0.5) is 17.1 Å². The SMILES string of the molecule is NC(=O)COc1ccc(/C=N\Nc2ccc([N+](=O)[O-])cc2[N+](=O)[O-])cc1. The Bertz CT molecular complexity index is 865. The lowest BCUT2D eigenvalue weighted by molar-refractivity contribution is -0.393. The lowest BCUT2D eigenvalue weighted by Gasteiger charge is -2.04. The molecular weight excluding hydrogens is 346 g/mol. The first-order valence-corrected chi connectivity index (χ1v) is 7.10. The molecule has 0 spiro atoms. The maximum absolute atomic E-state index is 11.0. The molecule has 11 heteroatoms. The van der Waals surface area contributed by atoms with Gasteiger partial charge in [0.15, 0.2) is 6.61 Å². The van der Waals surface area contributed by atoms with Gasteiger partial charge in [0.1, 0.15) is 11.4 Å². The summed E-state index contributed by atoms with van der Waals surface area (Å²) in [6.07, 6.45) is 1.39. The molecule has 0 saturated carbocycles. The van der Waals surface area contributed by atoms with Crippen LogP contribution in [0, 0.1) is 20.2 Å². The molecule has 0 atom stereocenters. The number of anilines is 1. The highest BCUT2D eigenvalue weighted by Gasteiger charge is 2.18. The van der Waals surface area contributed by atoms with E-state index in [0.717, 1.165) is 12.1 Å². The molecule has 0 heterocycles. The third-order valence-corrected chi connectivity index (χ3v) is 3.05. The number of rotatable bonds is 8. The van der Waals surface area contributed by atoms with Crippen molar-refractivity contribution in [1.29, 1.82) is 0 Å². The molecule has 0 aliphatic carbocycles. The minimum absolute atomic E-state index is 0.0123. The molecule has 11 nitrogen and oxygen atoms in total. The molecule has 0 unspecified atom stereocenters. The Balaban J connectivity index is 2.07. The number of amides is 1. The highest BCUT2D eigenvalue weighted by Crippen LogP contribution is 2.28. The van der Waals surface area contributed by atoms with Crippen LogP contribution in [0.2, 0.25) is 0 Å². The zero-order valence-corrected chi connectivity index (χ0v) is 13.2. The zero-order valence-electron chi connectivity index (χ0n) is 13.2. The standard InChI is InChI=1S/C15H13N5O6/c16-15(21)9-26-12-4-1-10(2-5-12)8-17-18-13-6-3-11(19(22)23)7-14(13)20(24)25/h1-8,18H,9H2,(H2,16,21)/b17-8-. The van der Waals surface area contributed by atoms with Gasteiger partial charge in [0.05, 0.1) is 22.1 Å². The van der Waals surface area contributed by atoms with Crippen molar-refractivity contribution in [1.82, 2.24) is 0 Å². The molecule has 0 aromatic heterocycles. The Morgan fingerprint density at radius 3 is 2.42 bits per heavy atom. The fourth-order valence-corrected chi connectivity index (χ4v) is 1.86. The summed E-state index contributed by atoms with van der Waals surface area (Å²) >= 11 is 0. The van der Waals surface area contributed by atoms with Crippen LogP contribution in [0.3, 0.4) is 0 Å². The third-order valence-electron chi connectivity index (χ3n) is 3.05. The average molecular weight is 359 g/mol. The number of nitrogens with zero attached hydrogens (tertiary/aromatic N) is 3. The molecule has 26 heavy (non-hydrogen) atoms. The maximum atomic E-state index is 11.0. The minimum Gasteiger partial charge on any atom is -0.484 e. The third kappa shape index (κ3) is 4.99. The smallest absolute Gasteiger partial charge is 0.301 e. The van der Waals surface area contributed by atoms with Gasteiger partial charge in [-0.05, 0) is 35.9 Å². The normalized spacial score (nSPS) is 10.5. The van der Waals surface area contributed by atoms with Gasteiger partial charge in [0.2, 0.25) is 0 Å². The van der Waals surface area contributed by atoms with Gasteiger partial charge in [-0.2, -0.15) is 5.10 Å². The van der Waals surface area contributed by atoms with Crippen LogP contribution in [0.5, 0.6) is 5.75 Å². The monoisotopic (exact) mass is 359 g/mol. The summed E-state index contributed by atoms with van der Waals surface area (Å²) in [6.45, 7) is -0.237. The number of primary amides is 1. The molecule has 0 saturated heterocycles. The van der Waals surface area contributed by atoms with E-state index in [1.165, 1.54) is 12.3 Å². The van der Waals surface area contributed by atoms with E-state index in [9.17, 15) is 25.0 Å². The van der Waals surface area contributed by atoms with E-state index in [4.69, 9.17) is 10.5 Å². The molecule has 0 fully saturated rings. The number of benzene rings is 2. The molecule has 0 radical (unpaired) electrons. The number of nitro benzene ring substituents is 2. The van der Waals surface area contributed by atoms with Crippen molar-refractivity contribution in [2.45, 2.75) is 0 Å². The average Bonchev–Trinajstić information content (AvgIpc) is 2.60. The predicted octanol–water partition coefficient (Wildman–Crippen LogP) is 1.81. The summed E-state index contributed by atoms with van der Waals surface area (Å²) in [6, 6.07) is 9.67. The number of nitrogens with two attached hydrogens (primary N) is 1. The van der Waals surface area contributed by atoms with E-state index < -0.39 is 27.1 Å². The number of hydrazone groups is 1. The van der Waals surface area contributed by atoms with E-state index in [-0.39, 0.29) is 12.3 Å². The Labute approximate surface area is 146 Å². The van der Waals surface area contributed by atoms with Gasteiger partial charge in [-0.25, -0.2) is 0 Å². The number of non-ortho nitro benzene ring substituents is 1. The Hall–Kier alpha value is -4.02. The van der Waals surface area contributed by atoms with Crippen LogP contribution in [-0.4, -0.2) is 28.6 Å². The number of ether oxygens (including phenoxy) is 1. The van der Waals surface area contributed by atoms with Gasteiger partial charge >= 0.3 is 5.69 Å². The van der Waals surface area contributed by atoms with Gasteiger partial charge < -0.3 is 10.5 Å². The van der Waals surface area contributed by atoms with Crippen LogP contribution in [0.15, 0.2) is 47.6 Å². The summed E-state index contributed by atoms with van der Waals surface area (Å²) in [5.41, 5.74) is 7.25. The molecule has 1 amide bonds. The summed E-state index contributed by atoms with van der Waals surface area (Å²) in [4.78, 5) is 30.9. The number of hydrogen-bond donors (Lipinski definition) is 2. The lowest BCUT2D eigenvalue weighted by Crippen LogP contribution is -2.19. The van der Waals surface area contributed by atoms with E-state index >= 15 is 0 Å². The highest BCUT2D eigenvalue weighted by atomic mass is 16.6. The fourth-order valence-electron chi connectivity index (χ4n) is 1.86. The van der Waals surface area contributed by atoms with Crippen LogP contribution in [0.1, 0.15) is 5.56 Å². The summed E-state index contributed by atoms with van der Waals surface area (Å²) in [5.74, 6) is -0.149. The Kier molecular flexibility index (Phi) is 5.77. The summed E-state index contributed by atoms with van der Waals surface area (Å²) in [5, 5.41) is 25.6. The molecular formula is C15H13N5O6. The van der Waals surface area contributed by atoms with Crippen molar-refractivity contribution in [3.63, 3.8) is 0 Å². The van der Waals surface area contributed by atoms with Crippen LogP contribution in [-0.2, 0) is 4.79 Å². The van der Waals surface area contributed by atoms with Crippen molar-refractivity contribution < 1.29 is 19.4 Å². The quantitative estimate of drug-likeness (QED) is 0.412. The molecule has 3 N–H and O–H groups in total.